The SMILES string of the molecule is CCCCCC1(C#N)COC(C2CCCCC2)OC1CCC. The van der Waals surface area contributed by atoms with E-state index in [-0.39, 0.29) is 12.4 Å². The van der Waals surface area contributed by atoms with Crippen LogP contribution in [0.5, 0.6) is 0 Å². The topological polar surface area (TPSA) is 42.2 Å². The Labute approximate surface area is 136 Å². The van der Waals surface area contributed by atoms with Crippen LogP contribution in [-0.4, -0.2) is 19.0 Å². The summed E-state index contributed by atoms with van der Waals surface area (Å²) in [6, 6.07) is 2.58. The smallest absolute Gasteiger partial charge is 0.160 e. The molecule has 3 unspecified atom stereocenters. The Bertz CT molecular complexity index is 359. The lowest BCUT2D eigenvalue weighted by Crippen LogP contribution is -2.50. The zero-order valence-corrected chi connectivity index (χ0v) is 14.5. The number of nitrogens with zero attached hydrogens (tertiary/aromatic N) is 1. The molecule has 0 aromatic heterocycles. The van der Waals surface area contributed by atoms with Crippen molar-refractivity contribution in [2.75, 3.05) is 6.61 Å². The molecule has 2 aliphatic rings. The third kappa shape index (κ3) is 4.24. The number of rotatable bonds is 7. The van der Waals surface area contributed by atoms with Crippen LogP contribution in [0.2, 0.25) is 0 Å². The first kappa shape index (κ1) is 17.8. The predicted octanol–water partition coefficient (Wildman–Crippen LogP) is 5.20. The molecular weight excluding hydrogens is 274 g/mol. The van der Waals surface area contributed by atoms with Gasteiger partial charge in [0.2, 0.25) is 0 Å². The summed E-state index contributed by atoms with van der Waals surface area (Å²) in [6.45, 7) is 4.96. The van der Waals surface area contributed by atoms with Gasteiger partial charge in [-0.25, -0.2) is 0 Å². The first-order valence-electron chi connectivity index (χ1n) is 9.44. The molecule has 1 heterocycles. The Morgan fingerprint density at radius 2 is 1.86 bits per heavy atom. The van der Waals surface area contributed by atoms with Gasteiger partial charge in [0, 0.05) is 5.92 Å². The van der Waals surface area contributed by atoms with E-state index < -0.39 is 5.41 Å². The average molecular weight is 307 g/mol. The average Bonchev–Trinajstić information content (AvgIpc) is 2.57. The molecule has 22 heavy (non-hydrogen) atoms. The molecule has 2 fully saturated rings. The van der Waals surface area contributed by atoms with Crippen molar-refractivity contribution in [2.24, 2.45) is 11.3 Å². The van der Waals surface area contributed by atoms with Crippen molar-refractivity contribution in [1.29, 1.82) is 5.26 Å². The number of unbranched alkanes of at least 4 members (excludes halogenated alkanes) is 2. The van der Waals surface area contributed by atoms with Crippen LogP contribution in [-0.2, 0) is 9.47 Å². The molecule has 1 saturated heterocycles. The molecular formula is C19H33NO2. The molecule has 0 aromatic rings. The molecule has 126 valence electrons. The molecule has 0 radical (unpaired) electrons. The van der Waals surface area contributed by atoms with Crippen LogP contribution in [0.25, 0.3) is 0 Å². The van der Waals surface area contributed by atoms with Crippen LogP contribution in [0, 0.1) is 22.7 Å². The summed E-state index contributed by atoms with van der Waals surface area (Å²) in [7, 11) is 0. The number of ether oxygens (including phenoxy) is 2. The molecule has 0 aromatic carbocycles. The molecule has 3 atom stereocenters. The highest BCUT2D eigenvalue weighted by Gasteiger charge is 2.46. The zero-order chi connectivity index (χ0) is 15.8. The molecule has 2 rings (SSSR count). The first-order valence-corrected chi connectivity index (χ1v) is 9.44. The summed E-state index contributed by atoms with van der Waals surface area (Å²) in [4.78, 5) is 0. The van der Waals surface area contributed by atoms with E-state index in [1.165, 1.54) is 44.9 Å². The maximum absolute atomic E-state index is 9.82. The summed E-state index contributed by atoms with van der Waals surface area (Å²) < 4.78 is 12.4. The summed E-state index contributed by atoms with van der Waals surface area (Å²) in [5.41, 5.74) is -0.420. The fourth-order valence-corrected chi connectivity index (χ4v) is 4.00. The number of nitriles is 1. The predicted molar refractivity (Wildman–Crippen MR) is 88.3 cm³/mol. The van der Waals surface area contributed by atoms with Crippen molar-refractivity contribution < 1.29 is 9.47 Å². The summed E-state index contributed by atoms with van der Waals surface area (Å²) in [6.07, 6.45) is 12.8. The van der Waals surface area contributed by atoms with E-state index in [1.807, 2.05) is 0 Å². The number of hydrogen-bond donors (Lipinski definition) is 0. The lowest BCUT2D eigenvalue weighted by atomic mass is 9.76. The van der Waals surface area contributed by atoms with Gasteiger partial charge in [0.25, 0.3) is 0 Å². The summed E-state index contributed by atoms with van der Waals surface area (Å²) >= 11 is 0. The van der Waals surface area contributed by atoms with E-state index in [0.29, 0.717) is 12.5 Å². The van der Waals surface area contributed by atoms with E-state index >= 15 is 0 Å². The molecule has 3 heteroatoms. The molecule has 0 spiro atoms. The van der Waals surface area contributed by atoms with Gasteiger partial charge in [0.1, 0.15) is 5.41 Å². The second kappa shape index (κ2) is 8.89. The third-order valence-electron chi connectivity index (χ3n) is 5.45. The van der Waals surface area contributed by atoms with Crippen molar-refractivity contribution in [3.63, 3.8) is 0 Å². The zero-order valence-electron chi connectivity index (χ0n) is 14.5. The largest absolute Gasteiger partial charge is 0.351 e. The highest BCUT2D eigenvalue weighted by atomic mass is 16.7. The van der Waals surface area contributed by atoms with Gasteiger partial charge >= 0.3 is 0 Å². The molecule has 0 bridgehead atoms. The van der Waals surface area contributed by atoms with Crippen LogP contribution < -0.4 is 0 Å². The minimum Gasteiger partial charge on any atom is -0.351 e. The molecule has 1 saturated carbocycles. The Kier molecular flexibility index (Phi) is 7.18. The second-order valence-corrected chi connectivity index (χ2v) is 7.22. The van der Waals surface area contributed by atoms with Crippen LogP contribution in [0.3, 0.4) is 0 Å². The fraction of sp³-hybridized carbons (Fsp3) is 0.947. The van der Waals surface area contributed by atoms with Crippen molar-refractivity contribution >= 4 is 0 Å². The molecule has 3 nitrogen and oxygen atoms in total. The van der Waals surface area contributed by atoms with E-state index in [4.69, 9.17) is 9.47 Å². The van der Waals surface area contributed by atoms with Crippen LogP contribution in [0.15, 0.2) is 0 Å². The van der Waals surface area contributed by atoms with Gasteiger partial charge < -0.3 is 9.47 Å². The quantitative estimate of drug-likeness (QED) is 0.607. The van der Waals surface area contributed by atoms with Gasteiger partial charge in [-0.15, -0.1) is 0 Å². The lowest BCUT2D eigenvalue weighted by molar-refractivity contribution is -0.278. The summed E-state index contributed by atoms with van der Waals surface area (Å²) in [5.74, 6) is 0.542. The van der Waals surface area contributed by atoms with Gasteiger partial charge in [-0.2, -0.15) is 5.26 Å². The maximum atomic E-state index is 9.82. The molecule has 1 aliphatic carbocycles. The van der Waals surface area contributed by atoms with Gasteiger partial charge in [-0.3, -0.25) is 0 Å². The highest BCUT2D eigenvalue weighted by molar-refractivity contribution is 5.06. The second-order valence-electron chi connectivity index (χ2n) is 7.22. The lowest BCUT2D eigenvalue weighted by Gasteiger charge is -2.45. The van der Waals surface area contributed by atoms with E-state index in [0.717, 1.165) is 25.7 Å². The van der Waals surface area contributed by atoms with Crippen molar-refractivity contribution in [3.05, 3.63) is 0 Å². The standard InChI is InChI=1S/C19H33NO2/c1-3-5-9-13-19(14-20)15-21-18(22-17(19)10-4-2)16-11-7-6-8-12-16/h16-18H,3-13,15H2,1-2H3. The van der Waals surface area contributed by atoms with E-state index in [2.05, 4.69) is 19.9 Å². The van der Waals surface area contributed by atoms with Crippen molar-refractivity contribution in [1.82, 2.24) is 0 Å². The van der Waals surface area contributed by atoms with E-state index in [1.54, 1.807) is 0 Å². The van der Waals surface area contributed by atoms with Gasteiger partial charge in [-0.05, 0) is 25.7 Å². The first-order chi connectivity index (χ1) is 10.8. The third-order valence-corrected chi connectivity index (χ3v) is 5.45. The Morgan fingerprint density at radius 3 is 2.50 bits per heavy atom. The fourth-order valence-electron chi connectivity index (χ4n) is 4.00. The Morgan fingerprint density at radius 1 is 1.09 bits per heavy atom. The van der Waals surface area contributed by atoms with Crippen LogP contribution in [0.4, 0.5) is 0 Å². The van der Waals surface area contributed by atoms with Crippen LogP contribution >= 0.6 is 0 Å². The van der Waals surface area contributed by atoms with Gasteiger partial charge in [-0.1, -0.05) is 58.8 Å². The van der Waals surface area contributed by atoms with Gasteiger partial charge in [0.15, 0.2) is 6.29 Å². The molecule has 0 N–H and O–H groups in total. The highest BCUT2D eigenvalue weighted by Crippen LogP contribution is 2.41. The molecule has 1 aliphatic heterocycles. The van der Waals surface area contributed by atoms with E-state index in [9.17, 15) is 5.26 Å². The van der Waals surface area contributed by atoms with Crippen molar-refractivity contribution in [2.45, 2.75) is 96.9 Å². The minimum atomic E-state index is -0.420. The number of hydrogen-bond acceptors (Lipinski definition) is 3. The van der Waals surface area contributed by atoms with Crippen molar-refractivity contribution in [3.8, 4) is 6.07 Å². The van der Waals surface area contributed by atoms with Gasteiger partial charge in [0.05, 0.1) is 18.8 Å². The summed E-state index contributed by atoms with van der Waals surface area (Å²) in [5, 5.41) is 9.82. The Hall–Kier alpha value is -0.590. The maximum Gasteiger partial charge on any atom is 0.160 e. The van der Waals surface area contributed by atoms with Crippen LogP contribution in [0.1, 0.15) is 84.5 Å². The Balaban J connectivity index is 2.01. The monoisotopic (exact) mass is 307 g/mol. The minimum absolute atomic E-state index is 0.0556. The normalized spacial score (nSPS) is 33.5. The molecule has 0 amide bonds.